The third kappa shape index (κ3) is 4.40. The number of hydrogen-bond donors (Lipinski definition) is 2. The van der Waals surface area contributed by atoms with E-state index in [-0.39, 0.29) is 0 Å². The van der Waals surface area contributed by atoms with Gasteiger partial charge < -0.3 is 15.8 Å². The van der Waals surface area contributed by atoms with Crippen molar-refractivity contribution in [3.05, 3.63) is 0 Å². The Balaban J connectivity index is 2.10. The summed E-state index contributed by atoms with van der Waals surface area (Å²) in [5.41, 5.74) is 5.86. The van der Waals surface area contributed by atoms with Gasteiger partial charge in [0.2, 0.25) is 0 Å². The fourth-order valence-corrected chi connectivity index (χ4v) is 2.07. The zero-order valence-electron chi connectivity index (χ0n) is 9.46. The van der Waals surface area contributed by atoms with Crippen LogP contribution in [-0.2, 0) is 4.74 Å². The molecule has 0 bridgehead atoms. The SMILES string of the molecule is COCCC(C)NC1CCC(N)CC1. The molecule has 0 spiro atoms. The second kappa shape index (κ2) is 6.38. The summed E-state index contributed by atoms with van der Waals surface area (Å²) in [6.45, 7) is 3.08. The molecule has 1 saturated carbocycles. The van der Waals surface area contributed by atoms with Crippen LogP contribution >= 0.6 is 0 Å². The molecule has 84 valence electrons. The number of hydrogen-bond acceptors (Lipinski definition) is 3. The Morgan fingerprint density at radius 2 is 2.00 bits per heavy atom. The first-order valence-corrected chi connectivity index (χ1v) is 5.73. The standard InChI is InChI=1S/C11H24N2O/c1-9(7-8-14-2)13-11-5-3-10(12)4-6-11/h9-11,13H,3-8,12H2,1-2H3. The third-order valence-corrected chi connectivity index (χ3v) is 3.05. The molecular formula is C11H24N2O. The number of ether oxygens (including phenoxy) is 1. The van der Waals surface area contributed by atoms with Crippen molar-refractivity contribution in [3.63, 3.8) is 0 Å². The lowest BCUT2D eigenvalue weighted by atomic mass is 9.91. The summed E-state index contributed by atoms with van der Waals surface area (Å²) < 4.78 is 5.06. The molecule has 1 fully saturated rings. The zero-order valence-corrected chi connectivity index (χ0v) is 9.46. The maximum absolute atomic E-state index is 5.86. The van der Waals surface area contributed by atoms with E-state index in [2.05, 4.69) is 12.2 Å². The Morgan fingerprint density at radius 1 is 1.36 bits per heavy atom. The van der Waals surface area contributed by atoms with E-state index in [1.54, 1.807) is 7.11 Å². The van der Waals surface area contributed by atoms with Crippen LogP contribution in [0.25, 0.3) is 0 Å². The molecule has 0 saturated heterocycles. The maximum atomic E-state index is 5.86. The number of nitrogens with one attached hydrogen (secondary N) is 1. The molecule has 0 aromatic heterocycles. The Labute approximate surface area is 87.4 Å². The van der Waals surface area contributed by atoms with Crippen molar-refractivity contribution in [1.29, 1.82) is 0 Å². The highest BCUT2D eigenvalue weighted by Gasteiger charge is 2.19. The summed E-state index contributed by atoms with van der Waals surface area (Å²) in [7, 11) is 1.76. The Bertz CT molecular complexity index is 144. The lowest BCUT2D eigenvalue weighted by Gasteiger charge is -2.29. The monoisotopic (exact) mass is 200 g/mol. The molecule has 3 heteroatoms. The van der Waals surface area contributed by atoms with Gasteiger partial charge in [0, 0.05) is 31.8 Å². The Kier molecular flexibility index (Phi) is 5.45. The summed E-state index contributed by atoms with van der Waals surface area (Å²) >= 11 is 0. The van der Waals surface area contributed by atoms with Gasteiger partial charge >= 0.3 is 0 Å². The van der Waals surface area contributed by atoms with Gasteiger partial charge in [0.15, 0.2) is 0 Å². The topological polar surface area (TPSA) is 47.3 Å². The largest absolute Gasteiger partial charge is 0.385 e. The van der Waals surface area contributed by atoms with Crippen LogP contribution in [0.15, 0.2) is 0 Å². The molecule has 0 aromatic rings. The molecule has 0 heterocycles. The van der Waals surface area contributed by atoms with E-state index in [1.807, 2.05) is 0 Å². The van der Waals surface area contributed by atoms with Crippen molar-refractivity contribution < 1.29 is 4.74 Å². The van der Waals surface area contributed by atoms with Crippen molar-refractivity contribution >= 4 is 0 Å². The van der Waals surface area contributed by atoms with Crippen LogP contribution in [-0.4, -0.2) is 31.8 Å². The van der Waals surface area contributed by atoms with Crippen LogP contribution < -0.4 is 11.1 Å². The highest BCUT2D eigenvalue weighted by molar-refractivity contribution is 4.80. The highest BCUT2D eigenvalue weighted by atomic mass is 16.5. The first kappa shape index (κ1) is 12.0. The predicted molar refractivity (Wildman–Crippen MR) is 59.3 cm³/mol. The van der Waals surface area contributed by atoms with Crippen LogP contribution in [0.2, 0.25) is 0 Å². The summed E-state index contributed by atoms with van der Waals surface area (Å²) in [5, 5.41) is 3.64. The molecule has 14 heavy (non-hydrogen) atoms. The minimum Gasteiger partial charge on any atom is -0.385 e. The quantitative estimate of drug-likeness (QED) is 0.702. The van der Waals surface area contributed by atoms with Crippen molar-refractivity contribution in [2.75, 3.05) is 13.7 Å². The van der Waals surface area contributed by atoms with E-state index in [1.165, 1.54) is 25.7 Å². The van der Waals surface area contributed by atoms with Crippen molar-refractivity contribution in [1.82, 2.24) is 5.32 Å². The van der Waals surface area contributed by atoms with E-state index in [0.717, 1.165) is 13.0 Å². The summed E-state index contributed by atoms with van der Waals surface area (Å²) in [6, 6.07) is 1.69. The lowest BCUT2D eigenvalue weighted by Crippen LogP contribution is -2.41. The van der Waals surface area contributed by atoms with Gasteiger partial charge in [-0.3, -0.25) is 0 Å². The molecule has 0 radical (unpaired) electrons. The average Bonchev–Trinajstić information content (AvgIpc) is 2.18. The van der Waals surface area contributed by atoms with Gasteiger partial charge in [-0.2, -0.15) is 0 Å². The van der Waals surface area contributed by atoms with Gasteiger partial charge in [-0.25, -0.2) is 0 Å². The third-order valence-electron chi connectivity index (χ3n) is 3.05. The van der Waals surface area contributed by atoms with E-state index < -0.39 is 0 Å². The molecule has 3 N–H and O–H groups in total. The molecular weight excluding hydrogens is 176 g/mol. The van der Waals surface area contributed by atoms with Crippen LogP contribution in [0.4, 0.5) is 0 Å². The second-order valence-corrected chi connectivity index (χ2v) is 4.46. The van der Waals surface area contributed by atoms with E-state index in [9.17, 15) is 0 Å². The smallest absolute Gasteiger partial charge is 0.0476 e. The van der Waals surface area contributed by atoms with Crippen LogP contribution in [0.1, 0.15) is 39.0 Å². The molecule has 1 rings (SSSR count). The average molecular weight is 200 g/mol. The number of methoxy groups -OCH3 is 1. The summed E-state index contributed by atoms with van der Waals surface area (Å²) in [4.78, 5) is 0. The van der Waals surface area contributed by atoms with Gasteiger partial charge in [0.25, 0.3) is 0 Å². The van der Waals surface area contributed by atoms with E-state index in [4.69, 9.17) is 10.5 Å². The summed E-state index contributed by atoms with van der Waals surface area (Å²) in [6.07, 6.45) is 5.92. The highest BCUT2D eigenvalue weighted by Crippen LogP contribution is 2.17. The summed E-state index contributed by atoms with van der Waals surface area (Å²) in [5.74, 6) is 0. The number of nitrogens with two attached hydrogens (primary N) is 1. The fraction of sp³-hybridized carbons (Fsp3) is 1.00. The maximum Gasteiger partial charge on any atom is 0.0476 e. The van der Waals surface area contributed by atoms with Gasteiger partial charge in [-0.05, 0) is 39.0 Å². The molecule has 3 nitrogen and oxygen atoms in total. The fourth-order valence-electron chi connectivity index (χ4n) is 2.07. The Morgan fingerprint density at radius 3 is 2.57 bits per heavy atom. The first-order valence-electron chi connectivity index (χ1n) is 5.73. The molecule has 0 amide bonds. The Hall–Kier alpha value is -0.120. The zero-order chi connectivity index (χ0) is 10.4. The second-order valence-electron chi connectivity index (χ2n) is 4.46. The lowest BCUT2D eigenvalue weighted by molar-refractivity contribution is 0.180. The molecule has 0 aliphatic heterocycles. The van der Waals surface area contributed by atoms with Gasteiger partial charge in [0.1, 0.15) is 0 Å². The molecule has 1 aliphatic rings. The van der Waals surface area contributed by atoms with E-state index in [0.29, 0.717) is 18.1 Å². The van der Waals surface area contributed by atoms with Gasteiger partial charge in [-0.1, -0.05) is 0 Å². The first-order chi connectivity index (χ1) is 6.72. The van der Waals surface area contributed by atoms with Crippen LogP contribution in [0.5, 0.6) is 0 Å². The molecule has 1 aliphatic carbocycles. The molecule has 1 atom stereocenters. The predicted octanol–water partition coefficient (Wildman–Crippen LogP) is 1.27. The van der Waals surface area contributed by atoms with Crippen molar-refractivity contribution in [3.8, 4) is 0 Å². The van der Waals surface area contributed by atoms with Crippen molar-refractivity contribution in [2.45, 2.75) is 57.2 Å². The minimum absolute atomic E-state index is 0.447. The normalized spacial score (nSPS) is 30.2. The molecule has 0 aromatic carbocycles. The van der Waals surface area contributed by atoms with E-state index >= 15 is 0 Å². The van der Waals surface area contributed by atoms with Gasteiger partial charge in [0.05, 0.1) is 0 Å². The van der Waals surface area contributed by atoms with Crippen LogP contribution in [0, 0.1) is 0 Å². The number of rotatable bonds is 5. The van der Waals surface area contributed by atoms with Crippen LogP contribution in [0.3, 0.4) is 0 Å². The molecule has 1 unspecified atom stereocenters. The van der Waals surface area contributed by atoms with Gasteiger partial charge in [-0.15, -0.1) is 0 Å². The minimum atomic E-state index is 0.447. The van der Waals surface area contributed by atoms with Crippen molar-refractivity contribution in [2.24, 2.45) is 5.73 Å².